The van der Waals surface area contributed by atoms with E-state index in [1.54, 1.807) is 26.4 Å². The molecule has 3 aromatic rings. The van der Waals surface area contributed by atoms with Crippen molar-refractivity contribution in [3.8, 4) is 23.0 Å². The van der Waals surface area contributed by atoms with E-state index < -0.39 is 0 Å². The molecule has 2 atom stereocenters. The second kappa shape index (κ2) is 12.4. The minimum Gasteiger partial charge on any atom is -0.493 e. The highest BCUT2D eigenvalue weighted by Crippen LogP contribution is 2.55. The molecule has 0 bridgehead atoms. The number of carbonyl (C=O) groups is 2. The molecule has 1 aliphatic carbocycles. The molecule has 1 spiro atoms. The average Bonchev–Trinajstić information content (AvgIpc) is 3.82. The summed E-state index contributed by atoms with van der Waals surface area (Å²) in [6, 6.07) is 15.8. The second-order valence-electron chi connectivity index (χ2n) is 13.7. The number of anilines is 1. The normalized spacial score (nSPS) is 21.2. The lowest BCUT2D eigenvalue weighted by Gasteiger charge is -2.35. The van der Waals surface area contributed by atoms with E-state index in [1.807, 2.05) is 34.2 Å². The number of ether oxygens (including phenoxy) is 4. The SMILES string of the molecule is COc1cc2c(cc1OCCCCCOc1cc3c(cc1OC)C(=O)N1Cc4ccccc4C[C@H]1CN3)N=C[C@@H]1CC3(CC3)CN1C2=O. The van der Waals surface area contributed by atoms with E-state index in [0.29, 0.717) is 71.5 Å². The number of nitrogens with zero attached hydrogens (tertiary/aromatic N) is 3. The van der Waals surface area contributed by atoms with Gasteiger partial charge in [-0.2, -0.15) is 0 Å². The number of hydrogen-bond donors (Lipinski definition) is 1. The zero-order chi connectivity index (χ0) is 32.8. The van der Waals surface area contributed by atoms with Crippen molar-refractivity contribution in [3.63, 3.8) is 0 Å². The van der Waals surface area contributed by atoms with Crippen molar-refractivity contribution in [2.24, 2.45) is 10.4 Å². The van der Waals surface area contributed by atoms with Crippen LogP contribution < -0.4 is 24.3 Å². The predicted octanol–water partition coefficient (Wildman–Crippen LogP) is 6.04. The Labute approximate surface area is 281 Å². The number of aliphatic imine (C=N–C) groups is 1. The van der Waals surface area contributed by atoms with Crippen molar-refractivity contribution in [2.45, 2.75) is 63.6 Å². The molecule has 8 rings (SSSR count). The van der Waals surface area contributed by atoms with Crippen LogP contribution in [0.1, 0.15) is 70.4 Å². The maximum Gasteiger partial charge on any atom is 0.256 e. The van der Waals surface area contributed by atoms with Gasteiger partial charge in [-0.1, -0.05) is 24.3 Å². The number of unbranched alkanes of at least 4 members (excludes halogenated alkanes) is 2. The van der Waals surface area contributed by atoms with Gasteiger partial charge in [0, 0.05) is 38.0 Å². The maximum atomic E-state index is 13.7. The van der Waals surface area contributed by atoms with Crippen LogP contribution in [0.4, 0.5) is 11.4 Å². The molecule has 5 aliphatic rings. The molecule has 4 heterocycles. The van der Waals surface area contributed by atoms with Crippen molar-refractivity contribution < 1.29 is 28.5 Å². The monoisotopic (exact) mass is 650 g/mol. The highest BCUT2D eigenvalue weighted by Gasteiger charge is 2.53. The summed E-state index contributed by atoms with van der Waals surface area (Å²) in [6.45, 7) is 3.11. The largest absolute Gasteiger partial charge is 0.493 e. The first-order valence-electron chi connectivity index (χ1n) is 17.1. The van der Waals surface area contributed by atoms with Crippen LogP contribution in [-0.2, 0) is 13.0 Å². The van der Waals surface area contributed by atoms with Gasteiger partial charge in [-0.05, 0) is 73.6 Å². The Bertz CT molecular complexity index is 1780. The lowest BCUT2D eigenvalue weighted by molar-refractivity contribution is 0.0659. The van der Waals surface area contributed by atoms with Gasteiger partial charge in [-0.3, -0.25) is 14.6 Å². The first-order chi connectivity index (χ1) is 23.4. The fourth-order valence-corrected chi connectivity index (χ4v) is 7.70. The fraction of sp³-hybridized carbons (Fsp3) is 0.447. The maximum absolute atomic E-state index is 13.7. The van der Waals surface area contributed by atoms with Crippen LogP contribution in [0.5, 0.6) is 23.0 Å². The highest BCUT2D eigenvalue weighted by atomic mass is 16.5. The van der Waals surface area contributed by atoms with Crippen LogP contribution in [0.3, 0.4) is 0 Å². The van der Waals surface area contributed by atoms with Gasteiger partial charge in [0.25, 0.3) is 11.8 Å². The third-order valence-corrected chi connectivity index (χ3v) is 10.6. The smallest absolute Gasteiger partial charge is 0.256 e. The van der Waals surface area contributed by atoms with Crippen LogP contribution in [-0.4, -0.2) is 80.4 Å². The minimum atomic E-state index is 0.00990. The van der Waals surface area contributed by atoms with Crippen molar-refractivity contribution in [2.75, 3.05) is 45.8 Å². The highest BCUT2D eigenvalue weighted by molar-refractivity contribution is 6.04. The van der Waals surface area contributed by atoms with E-state index in [0.717, 1.165) is 44.3 Å². The van der Waals surface area contributed by atoms with E-state index in [2.05, 4.69) is 23.5 Å². The van der Waals surface area contributed by atoms with Crippen LogP contribution in [0.15, 0.2) is 53.5 Å². The molecule has 48 heavy (non-hydrogen) atoms. The Kier molecular flexibility index (Phi) is 7.89. The summed E-state index contributed by atoms with van der Waals surface area (Å²) in [5.74, 6) is 2.34. The number of methoxy groups -OCH3 is 2. The molecule has 250 valence electrons. The molecule has 1 saturated heterocycles. The van der Waals surface area contributed by atoms with Crippen LogP contribution >= 0.6 is 0 Å². The molecule has 3 aromatic carbocycles. The number of amides is 2. The van der Waals surface area contributed by atoms with E-state index in [-0.39, 0.29) is 23.9 Å². The summed E-state index contributed by atoms with van der Waals surface area (Å²) in [7, 11) is 3.20. The molecule has 10 heteroatoms. The lowest BCUT2D eigenvalue weighted by atomic mass is 9.94. The summed E-state index contributed by atoms with van der Waals surface area (Å²) in [5.41, 5.74) is 5.41. The zero-order valence-electron chi connectivity index (χ0n) is 27.6. The summed E-state index contributed by atoms with van der Waals surface area (Å²) in [5, 5.41) is 3.51. The van der Waals surface area contributed by atoms with Crippen LogP contribution in [0, 0.1) is 5.41 Å². The van der Waals surface area contributed by atoms with E-state index in [4.69, 9.17) is 23.9 Å². The van der Waals surface area contributed by atoms with Gasteiger partial charge in [-0.25, -0.2) is 0 Å². The first-order valence-corrected chi connectivity index (χ1v) is 17.1. The molecule has 1 saturated carbocycles. The van der Waals surface area contributed by atoms with Gasteiger partial charge in [0.05, 0.1) is 62.0 Å². The third-order valence-electron chi connectivity index (χ3n) is 10.6. The van der Waals surface area contributed by atoms with Gasteiger partial charge < -0.3 is 34.1 Å². The molecule has 2 amide bonds. The number of nitrogens with one attached hydrogen (secondary N) is 1. The number of fused-ring (bicyclic) bond motifs is 5. The van der Waals surface area contributed by atoms with Gasteiger partial charge in [0.2, 0.25) is 0 Å². The topological polar surface area (TPSA) is 102 Å². The van der Waals surface area contributed by atoms with Crippen molar-refractivity contribution in [1.82, 2.24) is 9.80 Å². The van der Waals surface area contributed by atoms with E-state index >= 15 is 0 Å². The molecule has 0 unspecified atom stereocenters. The van der Waals surface area contributed by atoms with Crippen molar-refractivity contribution in [3.05, 3.63) is 70.8 Å². The Morgan fingerprint density at radius 3 is 2.25 bits per heavy atom. The minimum absolute atomic E-state index is 0.00990. The van der Waals surface area contributed by atoms with Gasteiger partial charge >= 0.3 is 0 Å². The summed E-state index contributed by atoms with van der Waals surface area (Å²) < 4.78 is 23.6. The number of carbonyl (C=O) groups excluding carboxylic acids is 2. The zero-order valence-corrected chi connectivity index (χ0v) is 27.6. The Balaban J connectivity index is 0.850. The average molecular weight is 651 g/mol. The van der Waals surface area contributed by atoms with E-state index in [1.165, 1.54) is 24.0 Å². The number of rotatable bonds is 10. The first kappa shape index (κ1) is 30.6. The molecule has 2 fully saturated rings. The van der Waals surface area contributed by atoms with E-state index in [9.17, 15) is 9.59 Å². The standard InChI is InChI=1S/C38H42N4O6/c1-45-32-15-28-30(39-20-26-14-24-8-4-5-9-25(24)22-41(26)36(28)43)17-34(32)47-12-6-3-7-13-48-35-18-31-29(16-33(35)46-2)37(44)42-23-38(10-11-38)19-27(42)21-40-31/h4-5,8-9,15-18,21,26-27,39H,3,6-7,10-14,19-20,22-23H2,1-2H3/t26-,27-/m0/s1. The van der Waals surface area contributed by atoms with Crippen molar-refractivity contribution >= 4 is 29.4 Å². The van der Waals surface area contributed by atoms with Crippen LogP contribution in [0.2, 0.25) is 0 Å². The fourth-order valence-electron chi connectivity index (χ4n) is 7.70. The third kappa shape index (κ3) is 5.61. The summed E-state index contributed by atoms with van der Waals surface area (Å²) in [6.07, 6.45) is 8.71. The Hall–Kier alpha value is -4.73. The molecule has 1 N–H and O–H groups in total. The predicted molar refractivity (Wildman–Crippen MR) is 182 cm³/mol. The van der Waals surface area contributed by atoms with Gasteiger partial charge in [0.1, 0.15) is 0 Å². The lowest BCUT2D eigenvalue weighted by Crippen LogP contribution is -2.45. The summed E-state index contributed by atoms with van der Waals surface area (Å²) in [4.78, 5) is 35.8. The Morgan fingerprint density at radius 2 is 1.52 bits per heavy atom. The van der Waals surface area contributed by atoms with Crippen molar-refractivity contribution in [1.29, 1.82) is 0 Å². The number of hydrogen-bond acceptors (Lipinski definition) is 8. The Morgan fingerprint density at radius 1 is 0.833 bits per heavy atom. The quantitative estimate of drug-likeness (QED) is 0.267. The second-order valence-corrected chi connectivity index (χ2v) is 13.7. The molecule has 0 radical (unpaired) electrons. The molecule has 4 aliphatic heterocycles. The molecule has 10 nitrogen and oxygen atoms in total. The number of benzene rings is 3. The van der Waals surface area contributed by atoms with Gasteiger partial charge in [0.15, 0.2) is 23.0 Å². The molecular weight excluding hydrogens is 608 g/mol. The summed E-state index contributed by atoms with van der Waals surface area (Å²) >= 11 is 0. The molecular formula is C38H42N4O6. The molecule has 0 aromatic heterocycles. The van der Waals surface area contributed by atoms with Crippen LogP contribution in [0.25, 0.3) is 0 Å². The van der Waals surface area contributed by atoms with Gasteiger partial charge in [-0.15, -0.1) is 0 Å².